The molecule has 0 saturated heterocycles. The number of rotatable bonds is 6. The molecule has 0 unspecified atom stereocenters. The summed E-state index contributed by atoms with van der Waals surface area (Å²) >= 11 is 0. The highest BCUT2D eigenvalue weighted by atomic mass is 16.2. The van der Waals surface area contributed by atoms with E-state index >= 15 is 0 Å². The van der Waals surface area contributed by atoms with Gasteiger partial charge < -0.3 is 10.6 Å². The fourth-order valence-corrected chi connectivity index (χ4v) is 4.59. The second kappa shape index (κ2) is 9.38. The van der Waals surface area contributed by atoms with Crippen LogP contribution < -0.4 is 10.6 Å². The van der Waals surface area contributed by atoms with Crippen LogP contribution in [0.1, 0.15) is 54.0 Å². The van der Waals surface area contributed by atoms with Crippen LogP contribution in [0, 0.1) is 19.8 Å². The molecule has 8 heteroatoms. The summed E-state index contributed by atoms with van der Waals surface area (Å²) in [5.41, 5.74) is 5.21. The zero-order valence-electron chi connectivity index (χ0n) is 18.8. The van der Waals surface area contributed by atoms with Crippen LogP contribution in [0.25, 0.3) is 11.1 Å². The van der Waals surface area contributed by atoms with E-state index in [1.54, 1.807) is 19.3 Å². The second-order valence-corrected chi connectivity index (χ2v) is 8.56. The highest BCUT2D eigenvalue weighted by Crippen LogP contribution is 2.29. The molecular formula is C24H30N6O2. The lowest BCUT2D eigenvalue weighted by Crippen LogP contribution is -2.49. The number of benzene rings is 1. The van der Waals surface area contributed by atoms with E-state index in [0.717, 1.165) is 48.2 Å². The predicted molar refractivity (Wildman–Crippen MR) is 123 cm³/mol. The van der Waals surface area contributed by atoms with Crippen LogP contribution in [0.5, 0.6) is 0 Å². The number of nitrogens with zero attached hydrogens (tertiary/aromatic N) is 3. The van der Waals surface area contributed by atoms with E-state index in [0.29, 0.717) is 11.4 Å². The number of anilines is 1. The molecular weight excluding hydrogens is 404 g/mol. The van der Waals surface area contributed by atoms with Gasteiger partial charge in [0.05, 0.1) is 5.69 Å². The molecule has 1 saturated carbocycles. The van der Waals surface area contributed by atoms with E-state index in [-0.39, 0.29) is 17.7 Å². The quantitative estimate of drug-likeness (QED) is 0.550. The van der Waals surface area contributed by atoms with Gasteiger partial charge in [-0.2, -0.15) is 10.2 Å². The van der Waals surface area contributed by atoms with Crippen molar-refractivity contribution in [2.45, 2.75) is 52.0 Å². The van der Waals surface area contributed by atoms with E-state index in [2.05, 4.69) is 25.9 Å². The molecule has 3 N–H and O–H groups in total. The fourth-order valence-electron chi connectivity index (χ4n) is 4.59. The lowest BCUT2D eigenvalue weighted by atomic mass is 9.83. The maximum Gasteiger partial charge on any atom is 0.270 e. The lowest BCUT2D eigenvalue weighted by Gasteiger charge is -2.30. The van der Waals surface area contributed by atoms with Gasteiger partial charge in [0.2, 0.25) is 5.91 Å². The molecule has 0 bridgehead atoms. The summed E-state index contributed by atoms with van der Waals surface area (Å²) < 4.78 is 1.52. The highest BCUT2D eigenvalue weighted by Gasteiger charge is 2.31. The fraction of sp³-hybridized carbons (Fsp3) is 0.417. The van der Waals surface area contributed by atoms with Crippen LogP contribution in [0.3, 0.4) is 0 Å². The Morgan fingerprint density at radius 3 is 2.41 bits per heavy atom. The lowest BCUT2D eigenvalue weighted by molar-refractivity contribution is -0.119. The highest BCUT2D eigenvalue weighted by molar-refractivity contribution is 6.00. The topological polar surface area (TPSA) is 105 Å². The third kappa shape index (κ3) is 4.59. The molecule has 1 aromatic carbocycles. The maximum absolute atomic E-state index is 13.3. The summed E-state index contributed by atoms with van der Waals surface area (Å²) in [5, 5.41) is 17.3. The molecule has 32 heavy (non-hydrogen) atoms. The first-order valence-corrected chi connectivity index (χ1v) is 11.2. The maximum atomic E-state index is 13.3. The molecule has 8 nitrogen and oxygen atoms in total. The van der Waals surface area contributed by atoms with Gasteiger partial charge in [-0.05, 0) is 56.4 Å². The minimum Gasteiger partial charge on any atom is -0.339 e. The zero-order valence-corrected chi connectivity index (χ0v) is 18.8. The summed E-state index contributed by atoms with van der Waals surface area (Å²) in [7, 11) is 1.72. The summed E-state index contributed by atoms with van der Waals surface area (Å²) in [6.45, 7) is 3.96. The van der Waals surface area contributed by atoms with Crippen molar-refractivity contribution in [3.05, 3.63) is 53.6 Å². The summed E-state index contributed by atoms with van der Waals surface area (Å²) in [6.07, 6.45) is 6.77. The predicted octanol–water partition coefficient (Wildman–Crippen LogP) is 3.74. The van der Waals surface area contributed by atoms with Gasteiger partial charge in [-0.1, -0.05) is 31.4 Å². The number of hydrogen-bond donors (Lipinski definition) is 3. The minimum absolute atomic E-state index is 0.122. The Labute approximate surface area is 187 Å². The van der Waals surface area contributed by atoms with Crippen molar-refractivity contribution in [3.8, 4) is 11.1 Å². The van der Waals surface area contributed by atoms with Crippen molar-refractivity contribution in [2.75, 3.05) is 5.32 Å². The molecule has 0 aliphatic heterocycles. The number of aryl methyl sites for hydroxylation is 3. The van der Waals surface area contributed by atoms with Crippen LogP contribution in [0.15, 0.2) is 36.5 Å². The molecule has 1 fully saturated rings. The van der Waals surface area contributed by atoms with Gasteiger partial charge in [0, 0.05) is 30.2 Å². The van der Waals surface area contributed by atoms with Crippen LogP contribution in [0.4, 0.5) is 5.69 Å². The molecule has 3 aromatic rings. The largest absolute Gasteiger partial charge is 0.339 e. The van der Waals surface area contributed by atoms with Crippen LogP contribution in [-0.2, 0) is 11.8 Å². The first kappa shape index (κ1) is 21.8. The minimum atomic E-state index is -0.587. The molecule has 2 aromatic heterocycles. The molecule has 1 atom stereocenters. The summed E-state index contributed by atoms with van der Waals surface area (Å²) in [4.78, 5) is 26.1. The molecule has 0 radical (unpaired) electrons. The molecule has 4 rings (SSSR count). The van der Waals surface area contributed by atoms with E-state index < -0.39 is 6.04 Å². The molecule has 168 valence electrons. The number of aromatic amines is 1. The van der Waals surface area contributed by atoms with Crippen molar-refractivity contribution < 1.29 is 9.59 Å². The van der Waals surface area contributed by atoms with Gasteiger partial charge in [0.1, 0.15) is 11.7 Å². The first-order valence-electron chi connectivity index (χ1n) is 11.2. The molecule has 0 spiro atoms. The number of hydrogen-bond acceptors (Lipinski definition) is 4. The Bertz CT molecular complexity index is 1070. The monoisotopic (exact) mass is 434 g/mol. The van der Waals surface area contributed by atoms with Crippen molar-refractivity contribution >= 4 is 17.5 Å². The molecule has 2 amide bonds. The number of amides is 2. The van der Waals surface area contributed by atoms with E-state index in [4.69, 9.17) is 0 Å². The standard InChI is InChI=1S/C24H30N6O2/c1-15-21(16(2)29-28-15)17-9-11-19(12-10-17)26-24(32)22(18-7-5-4-6-8-18)27-23(31)20-13-14-25-30(20)3/h9-14,18,22H,4-8H2,1-3H3,(H,26,32)(H,27,31)(H,28,29)/t22-/m1/s1. The molecule has 1 aliphatic carbocycles. The van der Waals surface area contributed by atoms with Gasteiger partial charge in [-0.3, -0.25) is 19.4 Å². The normalized spacial score (nSPS) is 15.3. The Kier molecular flexibility index (Phi) is 6.39. The van der Waals surface area contributed by atoms with E-state index in [1.165, 1.54) is 11.1 Å². The van der Waals surface area contributed by atoms with Crippen molar-refractivity contribution in [1.29, 1.82) is 0 Å². The number of aromatic nitrogens is 4. The van der Waals surface area contributed by atoms with Gasteiger partial charge >= 0.3 is 0 Å². The molecule has 2 heterocycles. The summed E-state index contributed by atoms with van der Waals surface area (Å²) in [6, 6.07) is 8.80. The van der Waals surface area contributed by atoms with Crippen molar-refractivity contribution in [1.82, 2.24) is 25.3 Å². The van der Waals surface area contributed by atoms with Crippen LogP contribution in [-0.4, -0.2) is 37.8 Å². The third-order valence-electron chi connectivity index (χ3n) is 6.31. The Morgan fingerprint density at radius 1 is 1.09 bits per heavy atom. The first-order chi connectivity index (χ1) is 15.4. The van der Waals surface area contributed by atoms with Gasteiger partial charge in [-0.25, -0.2) is 0 Å². The van der Waals surface area contributed by atoms with Crippen LogP contribution in [0.2, 0.25) is 0 Å². The summed E-state index contributed by atoms with van der Waals surface area (Å²) in [5.74, 6) is -0.343. The molecule has 1 aliphatic rings. The van der Waals surface area contributed by atoms with E-state index in [9.17, 15) is 9.59 Å². The van der Waals surface area contributed by atoms with Crippen molar-refractivity contribution in [2.24, 2.45) is 13.0 Å². The Hall–Kier alpha value is -3.42. The number of carbonyl (C=O) groups excluding carboxylic acids is 2. The SMILES string of the molecule is Cc1n[nH]c(C)c1-c1ccc(NC(=O)[C@H](NC(=O)c2ccnn2C)C2CCCCC2)cc1. The van der Waals surface area contributed by atoms with Crippen molar-refractivity contribution in [3.63, 3.8) is 0 Å². The smallest absolute Gasteiger partial charge is 0.270 e. The number of H-pyrrole nitrogens is 1. The average molecular weight is 435 g/mol. The average Bonchev–Trinajstić information content (AvgIpc) is 3.37. The Morgan fingerprint density at radius 2 is 1.81 bits per heavy atom. The third-order valence-corrected chi connectivity index (χ3v) is 6.31. The Balaban J connectivity index is 1.50. The number of nitrogens with one attached hydrogen (secondary N) is 3. The van der Waals surface area contributed by atoms with Gasteiger partial charge in [0.15, 0.2) is 0 Å². The van der Waals surface area contributed by atoms with Crippen LogP contribution >= 0.6 is 0 Å². The van der Waals surface area contributed by atoms with Gasteiger partial charge in [0.25, 0.3) is 5.91 Å². The van der Waals surface area contributed by atoms with E-state index in [1.807, 2.05) is 38.1 Å². The van der Waals surface area contributed by atoms with Gasteiger partial charge in [-0.15, -0.1) is 0 Å². The number of carbonyl (C=O) groups is 2. The zero-order chi connectivity index (χ0) is 22.7. The second-order valence-electron chi connectivity index (χ2n) is 8.56.